The summed E-state index contributed by atoms with van der Waals surface area (Å²) in [5.41, 5.74) is 2.59. The van der Waals surface area contributed by atoms with E-state index in [0.717, 1.165) is 22.6 Å². The van der Waals surface area contributed by atoms with Gasteiger partial charge in [0.15, 0.2) is 0 Å². The molecule has 100 valence electrons. The molecule has 0 aliphatic rings. The van der Waals surface area contributed by atoms with Gasteiger partial charge in [-0.1, -0.05) is 42.5 Å². The van der Waals surface area contributed by atoms with E-state index in [4.69, 9.17) is 17.0 Å². The van der Waals surface area contributed by atoms with Gasteiger partial charge in [0.1, 0.15) is 16.1 Å². The van der Waals surface area contributed by atoms with Gasteiger partial charge in [0.05, 0.1) is 5.69 Å². The molecule has 1 aromatic heterocycles. The van der Waals surface area contributed by atoms with Crippen molar-refractivity contribution in [1.82, 2.24) is 9.97 Å². The fourth-order valence-corrected chi connectivity index (χ4v) is 2.00. The number of rotatable bonds is 3. The summed E-state index contributed by atoms with van der Waals surface area (Å²) in [6.07, 6.45) is 0. The van der Waals surface area contributed by atoms with Gasteiger partial charge in [-0.05, 0) is 26.3 Å². The molecule has 0 aliphatic carbocycles. The number of aromatic amines is 1. The summed E-state index contributed by atoms with van der Waals surface area (Å²) in [7, 11) is 1.67. The average Bonchev–Trinajstić information content (AvgIpc) is 2.42. The molecule has 0 bridgehead atoms. The summed E-state index contributed by atoms with van der Waals surface area (Å²) in [4.78, 5) is 7.79. The van der Waals surface area contributed by atoms with Crippen LogP contribution in [0.2, 0.25) is 0 Å². The lowest BCUT2D eigenvalue weighted by atomic mass is 10.1. The summed E-state index contributed by atoms with van der Waals surface area (Å²) in [6.45, 7) is 5.91. The number of H-pyrrole nitrogens is 1. The minimum Gasteiger partial charge on any atom is -0.371 e. The molecule has 2 aromatic rings. The molecule has 0 saturated carbocycles. The first-order valence-corrected chi connectivity index (χ1v) is 6.58. The molecule has 4 heteroatoms. The number of benzene rings is 1. The van der Waals surface area contributed by atoms with Crippen LogP contribution in [-0.4, -0.2) is 17.1 Å². The highest BCUT2D eigenvalue weighted by Gasteiger charge is 2.23. The third-order valence-electron chi connectivity index (χ3n) is 3.30. The zero-order valence-corrected chi connectivity index (χ0v) is 12.5. The second kappa shape index (κ2) is 5.23. The zero-order chi connectivity index (χ0) is 14.0. The van der Waals surface area contributed by atoms with Gasteiger partial charge in [0.2, 0.25) is 0 Å². The molecule has 0 unspecified atom stereocenters. The Morgan fingerprint density at radius 1 is 1.21 bits per heavy atom. The van der Waals surface area contributed by atoms with Crippen LogP contribution in [0, 0.1) is 11.6 Å². The molecule has 0 spiro atoms. The van der Waals surface area contributed by atoms with Crippen molar-refractivity contribution in [2.45, 2.75) is 26.4 Å². The van der Waals surface area contributed by atoms with Crippen LogP contribution in [0.1, 0.15) is 25.2 Å². The second-order valence-electron chi connectivity index (χ2n) is 4.97. The number of hydrogen-bond donors (Lipinski definition) is 1. The van der Waals surface area contributed by atoms with Gasteiger partial charge in [0, 0.05) is 12.7 Å². The molecular formula is C15H18N2OS. The van der Waals surface area contributed by atoms with E-state index in [-0.39, 0.29) is 0 Å². The standard InChI is InChI=1S/C15H18N2OS/c1-10-12(11-8-6-5-7-9-11)16-14(17-13(10)19)15(2,3)18-4/h5-9H,1-4H3,(H,16,17,19). The molecule has 1 aromatic carbocycles. The summed E-state index contributed by atoms with van der Waals surface area (Å²) in [6, 6.07) is 10.1. The second-order valence-corrected chi connectivity index (χ2v) is 5.36. The number of methoxy groups -OCH3 is 1. The van der Waals surface area contributed by atoms with Crippen molar-refractivity contribution >= 4 is 12.2 Å². The van der Waals surface area contributed by atoms with Gasteiger partial charge >= 0.3 is 0 Å². The number of aromatic nitrogens is 2. The maximum absolute atomic E-state index is 5.47. The first-order valence-electron chi connectivity index (χ1n) is 6.17. The maximum atomic E-state index is 5.47. The van der Waals surface area contributed by atoms with E-state index in [1.165, 1.54) is 0 Å². The fourth-order valence-electron chi connectivity index (χ4n) is 1.81. The smallest absolute Gasteiger partial charge is 0.139 e. The first kappa shape index (κ1) is 13.9. The van der Waals surface area contributed by atoms with Crippen LogP contribution in [-0.2, 0) is 10.3 Å². The Bertz CT molecular complexity index is 632. The van der Waals surface area contributed by atoms with Crippen molar-refractivity contribution in [2.24, 2.45) is 0 Å². The topological polar surface area (TPSA) is 37.9 Å². The molecule has 0 radical (unpaired) electrons. The molecule has 3 nitrogen and oxygen atoms in total. The first-order chi connectivity index (χ1) is 8.95. The average molecular weight is 274 g/mol. The van der Waals surface area contributed by atoms with Gasteiger partial charge in [-0.3, -0.25) is 0 Å². The van der Waals surface area contributed by atoms with E-state index in [1.54, 1.807) is 7.11 Å². The molecular weight excluding hydrogens is 256 g/mol. The normalized spacial score (nSPS) is 11.6. The van der Waals surface area contributed by atoms with Crippen LogP contribution in [0.3, 0.4) is 0 Å². The van der Waals surface area contributed by atoms with Crippen LogP contribution >= 0.6 is 12.2 Å². The maximum Gasteiger partial charge on any atom is 0.139 e. The zero-order valence-electron chi connectivity index (χ0n) is 11.7. The molecule has 19 heavy (non-hydrogen) atoms. The van der Waals surface area contributed by atoms with Gasteiger partial charge in [0.25, 0.3) is 0 Å². The highest BCUT2D eigenvalue weighted by atomic mass is 32.1. The number of hydrogen-bond acceptors (Lipinski definition) is 3. The van der Waals surface area contributed by atoms with Crippen LogP contribution in [0.15, 0.2) is 30.3 Å². The molecule has 0 fully saturated rings. The third-order valence-corrected chi connectivity index (χ3v) is 3.69. The Labute approximate surface area is 118 Å². The Morgan fingerprint density at radius 3 is 2.42 bits per heavy atom. The van der Waals surface area contributed by atoms with E-state index in [2.05, 4.69) is 22.1 Å². The Balaban J connectivity index is 2.66. The highest BCUT2D eigenvalue weighted by molar-refractivity contribution is 7.71. The van der Waals surface area contributed by atoms with Crippen LogP contribution in [0.5, 0.6) is 0 Å². The quantitative estimate of drug-likeness (QED) is 0.860. The van der Waals surface area contributed by atoms with E-state index in [0.29, 0.717) is 4.64 Å². The predicted octanol–water partition coefficient (Wildman–Crippen LogP) is 4.00. The summed E-state index contributed by atoms with van der Waals surface area (Å²) in [5, 5.41) is 0. The molecule has 2 rings (SSSR count). The Morgan fingerprint density at radius 2 is 1.84 bits per heavy atom. The summed E-state index contributed by atoms with van der Waals surface area (Å²) < 4.78 is 6.08. The van der Waals surface area contributed by atoms with E-state index in [1.807, 2.05) is 39.0 Å². The monoisotopic (exact) mass is 274 g/mol. The predicted molar refractivity (Wildman–Crippen MR) is 79.6 cm³/mol. The van der Waals surface area contributed by atoms with Crippen molar-refractivity contribution in [3.8, 4) is 11.3 Å². The van der Waals surface area contributed by atoms with Crippen molar-refractivity contribution in [3.63, 3.8) is 0 Å². The van der Waals surface area contributed by atoms with Gasteiger partial charge in [-0.25, -0.2) is 4.98 Å². The van der Waals surface area contributed by atoms with E-state index in [9.17, 15) is 0 Å². The van der Waals surface area contributed by atoms with Crippen LogP contribution in [0.25, 0.3) is 11.3 Å². The molecule has 0 saturated heterocycles. The number of ether oxygens (including phenoxy) is 1. The molecule has 0 atom stereocenters. The van der Waals surface area contributed by atoms with Gasteiger partial charge < -0.3 is 9.72 Å². The minimum atomic E-state index is -0.495. The SMILES string of the molecule is COC(C)(C)c1nc(=S)c(C)c(-c2ccccc2)[nH]1. The molecule has 0 aliphatic heterocycles. The number of nitrogens with one attached hydrogen (secondary N) is 1. The fraction of sp³-hybridized carbons (Fsp3) is 0.333. The van der Waals surface area contributed by atoms with Gasteiger partial charge in [-0.2, -0.15) is 0 Å². The third kappa shape index (κ3) is 2.74. The lowest BCUT2D eigenvalue weighted by Gasteiger charge is -2.23. The van der Waals surface area contributed by atoms with Crippen LogP contribution < -0.4 is 0 Å². The lowest BCUT2D eigenvalue weighted by Crippen LogP contribution is -2.23. The van der Waals surface area contributed by atoms with Crippen molar-refractivity contribution in [1.29, 1.82) is 0 Å². The van der Waals surface area contributed by atoms with E-state index < -0.39 is 5.60 Å². The Hall–Kier alpha value is -1.52. The van der Waals surface area contributed by atoms with E-state index >= 15 is 0 Å². The largest absolute Gasteiger partial charge is 0.371 e. The van der Waals surface area contributed by atoms with Crippen molar-refractivity contribution in [2.75, 3.05) is 7.11 Å². The van der Waals surface area contributed by atoms with Crippen LogP contribution in [0.4, 0.5) is 0 Å². The summed E-state index contributed by atoms with van der Waals surface area (Å²) >= 11 is 5.36. The molecule has 1 N–H and O–H groups in total. The Kier molecular flexibility index (Phi) is 3.83. The lowest BCUT2D eigenvalue weighted by molar-refractivity contribution is 0.0114. The number of nitrogens with zero attached hydrogens (tertiary/aromatic N) is 1. The molecule has 0 amide bonds. The highest BCUT2D eigenvalue weighted by Crippen LogP contribution is 2.26. The molecule has 1 heterocycles. The van der Waals surface area contributed by atoms with Crippen molar-refractivity contribution in [3.05, 3.63) is 46.4 Å². The van der Waals surface area contributed by atoms with Crippen molar-refractivity contribution < 1.29 is 4.74 Å². The summed E-state index contributed by atoms with van der Waals surface area (Å²) in [5.74, 6) is 0.740. The minimum absolute atomic E-state index is 0.495. The van der Waals surface area contributed by atoms with Gasteiger partial charge in [-0.15, -0.1) is 0 Å².